The molecule has 2 amide bonds. The van der Waals surface area contributed by atoms with Crippen molar-refractivity contribution in [3.8, 4) is 0 Å². The Balaban J connectivity index is 2.40. The van der Waals surface area contributed by atoms with Crippen LogP contribution in [0.3, 0.4) is 0 Å². The molecule has 0 saturated carbocycles. The first-order chi connectivity index (χ1) is 15.4. The Kier molecular flexibility index (Phi) is 9.05. The largest absolute Gasteiger partial charge is 0.352 e. The Hall–Kier alpha value is -2.87. The average Bonchev–Trinajstić information content (AvgIpc) is 2.76. The van der Waals surface area contributed by atoms with Crippen molar-refractivity contribution < 1.29 is 18.0 Å². The molecule has 1 N–H and O–H groups in total. The third-order valence-corrected chi connectivity index (χ3v) is 6.80. The molecule has 2 rings (SSSR count). The van der Waals surface area contributed by atoms with Gasteiger partial charge < -0.3 is 10.2 Å². The minimum absolute atomic E-state index is 0.0314. The van der Waals surface area contributed by atoms with Gasteiger partial charge in [0.25, 0.3) is 0 Å². The Morgan fingerprint density at radius 2 is 1.67 bits per heavy atom. The Bertz CT molecular complexity index is 1070. The number of hydrogen-bond acceptors (Lipinski definition) is 4. The smallest absolute Gasteiger partial charge is 0.244 e. The maximum Gasteiger partial charge on any atom is 0.244 e. The molecule has 0 fully saturated rings. The molecule has 2 atom stereocenters. The molecule has 0 aromatic heterocycles. The van der Waals surface area contributed by atoms with Crippen molar-refractivity contribution in [2.75, 3.05) is 17.1 Å². The summed E-state index contributed by atoms with van der Waals surface area (Å²) < 4.78 is 26.5. The molecule has 0 radical (unpaired) electrons. The Morgan fingerprint density at radius 3 is 2.24 bits per heavy atom. The fourth-order valence-electron chi connectivity index (χ4n) is 3.41. The van der Waals surface area contributed by atoms with Crippen LogP contribution in [0, 0.1) is 13.8 Å². The Labute approximate surface area is 197 Å². The fraction of sp³-hybridized carbons (Fsp3) is 0.440. The highest BCUT2D eigenvalue weighted by Gasteiger charge is 2.30. The number of sulfonamides is 1. The summed E-state index contributed by atoms with van der Waals surface area (Å²) in [6, 6.07) is 14.0. The number of anilines is 1. The standard InChI is InChI=1S/C25H35N3O4S/c1-7-20(4)26-25(30)21(5)27(16-22-11-9-8-10-12-22)24(29)17-28(33(6,31)32)23-15-18(2)13-14-19(23)3/h8-15,20-21H,7,16-17H2,1-6H3,(H,26,30)/t20-,21+/m0/s1. The predicted octanol–water partition coefficient (Wildman–Crippen LogP) is 3.40. The number of rotatable bonds is 10. The van der Waals surface area contributed by atoms with Crippen LogP contribution in [0.1, 0.15) is 43.9 Å². The van der Waals surface area contributed by atoms with Gasteiger partial charge in [0.1, 0.15) is 12.6 Å². The zero-order chi connectivity index (χ0) is 24.8. The van der Waals surface area contributed by atoms with E-state index in [1.54, 1.807) is 19.9 Å². The molecule has 0 saturated heterocycles. The second kappa shape index (κ2) is 11.3. The van der Waals surface area contributed by atoms with Crippen molar-refractivity contribution in [2.24, 2.45) is 0 Å². The van der Waals surface area contributed by atoms with Crippen LogP contribution in [0.25, 0.3) is 0 Å². The van der Waals surface area contributed by atoms with Crippen LogP contribution >= 0.6 is 0 Å². The summed E-state index contributed by atoms with van der Waals surface area (Å²) in [4.78, 5) is 27.8. The third kappa shape index (κ3) is 7.32. The quantitative estimate of drug-likeness (QED) is 0.573. The van der Waals surface area contributed by atoms with Gasteiger partial charge in [0.05, 0.1) is 11.9 Å². The lowest BCUT2D eigenvalue weighted by molar-refractivity contribution is -0.139. The number of amides is 2. The maximum atomic E-state index is 13.5. The van der Waals surface area contributed by atoms with Crippen LogP contribution in [-0.2, 0) is 26.2 Å². The molecule has 33 heavy (non-hydrogen) atoms. The molecule has 8 heteroatoms. The van der Waals surface area contributed by atoms with Crippen LogP contribution in [0.5, 0.6) is 0 Å². The third-order valence-electron chi connectivity index (χ3n) is 5.68. The van der Waals surface area contributed by atoms with Crippen LogP contribution in [0.15, 0.2) is 48.5 Å². The predicted molar refractivity (Wildman–Crippen MR) is 132 cm³/mol. The van der Waals surface area contributed by atoms with Crippen molar-refractivity contribution in [2.45, 2.75) is 59.7 Å². The van der Waals surface area contributed by atoms with E-state index in [-0.39, 0.29) is 18.5 Å². The van der Waals surface area contributed by atoms with Gasteiger partial charge >= 0.3 is 0 Å². The lowest BCUT2D eigenvalue weighted by atomic mass is 10.1. The van der Waals surface area contributed by atoms with Gasteiger partial charge in [-0.15, -0.1) is 0 Å². The first-order valence-corrected chi connectivity index (χ1v) is 13.0. The number of nitrogens with one attached hydrogen (secondary N) is 1. The molecular weight excluding hydrogens is 438 g/mol. The van der Waals surface area contributed by atoms with Crippen LogP contribution in [-0.4, -0.2) is 50.0 Å². The molecule has 0 bridgehead atoms. The van der Waals surface area contributed by atoms with E-state index in [1.165, 1.54) is 4.90 Å². The van der Waals surface area contributed by atoms with E-state index in [0.29, 0.717) is 5.69 Å². The maximum absolute atomic E-state index is 13.5. The van der Waals surface area contributed by atoms with E-state index in [2.05, 4.69) is 5.32 Å². The summed E-state index contributed by atoms with van der Waals surface area (Å²) in [5.41, 5.74) is 2.95. The topological polar surface area (TPSA) is 86.8 Å². The zero-order valence-corrected chi connectivity index (χ0v) is 21.1. The van der Waals surface area contributed by atoms with Gasteiger partial charge in [-0.3, -0.25) is 13.9 Å². The first kappa shape index (κ1) is 26.4. The Morgan fingerprint density at radius 1 is 1.03 bits per heavy atom. The summed E-state index contributed by atoms with van der Waals surface area (Å²) in [5.74, 6) is -0.719. The molecule has 2 aromatic carbocycles. The fourth-order valence-corrected chi connectivity index (χ4v) is 4.31. The van der Waals surface area contributed by atoms with E-state index in [9.17, 15) is 18.0 Å². The van der Waals surface area contributed by atoms with E-state index >= 15 is 0 Å². The van der Waals surface area contributed by atoms with E-state index in [1.807, 2.05) is 63.2 Å². The summed E-state index contributed by atoms with van der Waals surface area (Å²) in [6.07, 6.45) is 1.85. The highest BCUT2D eigenvalue weighted by atomic mass is 32.2. The average molecular weight is 474 g/mol. The molecule has 2 aromatic rings. The lowest BCUT2D eigenvalue weighted by Gasteiger charge is -2.32. The molecule has 0 spiro atoms. The monoisotopic (exact) mass is 473 g/mol. The van der Waals surface area contributed by atoms with Gasteiger partial charge in [0.2, 0.25) is 21.8 Å². The number of nitrogens with zero attached hydrogens (tertiary/aromatic N) is 2. The van der Waals surface area contributed by atoms with Crippen molar-refractivity contribution in [1.29, 1.82) is 0 Å². The van der Waals surface area contributed by atoms with E-state index in [4.69, 9.17) is 0 Å². The molecule has 0 aliphatic heterocycles. The van der Waals surface area contributed by atoms with E-state index in [0.717, 1.165) is 33.7 Å². The normalized spacial score (nSPS) is 13.2. The minimum atomic E-state index is -3.74. The molecule has 180 valence electrons. The lowest BCUT2D eigenvalue weighted by Crippen LogP contribution is -2.52. The van der Waals surface area contributed by atoms with Crippen LogP contribution in [0.2, 0.25) is 0 Å². The van der Waals surface area contributed by atoms with Crippen molar-refractivity contribution in [3.63, 3.8) is 0 Å². The van der Waals surface area contributed by atoms with Crippen molar-refractivity contribution >= 4 is 27.5 Å². The van der Waals surface area contributed by atoms with Gasteiger partial charge in [-0.25, -0.2) is 8.42 Å². The SMILES string of the molecule is CC[C@H](C)NC(=O)[C@@H](C)N(Cc1ccccc1)C(=O)CN(c1cc(C)ccc1C)S(C)(=O)=O. The van der Waals surface area contributed by atoms with E-state index < -0.39 is 28.5 Å². The molecule has 0 aliphatic carbocycles. The van der Waals surface area contributed by atoms with Gasteiger partial charge in [-0.05, 0) is 56.9 Å². The molecule has 7 nitrogen and oxygen atoms in total. The summed E-state index contributed by atoms with van der Waals surface area (Å²) in [7, 11) is -3.74. The highest BCUT2D eigenvalue weighted by Crippen LogP contribution is 2.24. The second-order valence-electron chi connectivity index (χ2n) is 8.56. The minimum Gasteiger partial charge on any atom is -0.352 e. The first-order valence-electron chi connectivity index (χ1n) is 11.1. The number of hydrogen-bond donors (Lipinski definition) is 1. The van der Waals surface area contributed by atoms with Crippen LogP contribution in [0.4, 0.5) is 5.69 Å². The van der Waals surface area contributed by atoms with Gasteiger partial charge in [0, 0.05) is 12.6 Å². The number of carbonyl (C=O) groups excluding carboxylic acids is 2. The van der Waals surface area contributed by atoms with Gasteiger partial charge in [-0.1, -0.05) is 49.4 Å². The molecule has 0 heterocycles. The number of benzene rings is 2. The number of aryl methyl sites for hydroxylation is 2. The summed E-state index contributed by atoms with van der Waals surface area (Å²) >= 11 is 0. The second-order valence-corrected chi connectivity index (χ2v) is 10.5. The van der Waals surface area contributed by atoms with Crippen molar-refractivity contribution in [3.05, 3.63) is 65.2 Å². The van der Waals surface area contributed by atoms with Crippen molar-refractivity contribution in [1.82, 2.24) is 10.2 Å². The number of carbonyl (C=O) groups is 2. The molecule has 0 aliphatic rings. The summed E-state index contributed by atoms with van der Waals surface area (Å²) in [6.45, 7) is 9.02. The van der Waals surface area contributed by atoms with Crippen LogP contribution < -0.4 is 9.62 Å². The van der Waals surface area contributed by atoms with Gasteiger partial charge in [0.15, 0.2) is 0 Å². The highest BCUT2D eigenvalue weighted by molar-refractivity contribution is 7.92. The summed E-state index contributed by atoms with van der Waals surface area (Å²) in [5, 5.41) is 2.92. The van der Waals surface area contributed by atoms with Gasteiger partial charge in [-0.2, -0.15) is 0 Å². The molecular formula is C25H35N3O4S. The molecule has 0 unspecified atom stereocenters. The zero-order valence-electron chi connectivity index (χ0n) is 20.3.